The van der Waals surface area contributed by atoms with Crippen molar-refractivity contribution in [1.82, 2.24) is 0 Å². The molecule has 0 radical (unpaired) electrons. The average Bonchev–Trinajstić information content (AvgIpc) is 2.47. The number of anilines is 1. The lowest BCUT2D eigenvalue weighted by atomic mass is 10.1. The van der Waals surface area contributed by atoms with Crippen molar-refractivity contribution >= 4 is 27.1 Å². The molecule has 0 fully saturated rings. The summed E-state index contributed by atoms with van der Waals surface area (Å²) in [5, 5.41) is 12.8. The number of hydrogen-bond acceptors (Lipinski definition) is 4. The molecule has 6 heteroatoms. The van der Waals surface area contributed by atoms with E-state index in [-0.39, 0.29) is 12.4 Å². The van der Waals surface area contributed by atoms with E-state index in [9.17, 15) is 8.42 Å². The van der Waals surface area contributed by atoms with E-state index in [4.69, 9.17) is 16.7 Å². The lowest BCUT2D eigenvalue weighted by Gasteiger charge is -2.11. The van der Waals surface area contributed by atoms with Crippen molar-refractivity contribution in [1.29, 1.82) is 0 Å². The first-order valence-corrected chi connectivity index (χ1v) is 9.20. The second kappa shape index (κ2) is 7.13. The number of aliphatic hydroxyl groups is 1. The van der Waals surface area contributed by atoms with Crippen LogP contribution in [0, 0.1) is 0 Å². The minimum Gasteiger partial charge on any atom is -0.392 e. The maximum Gasteiger partial charge on any atom is 0.151 e. The van der Waals surface area contributed by atoms with Crippen LogP contribution < -0.4 is 5.32 Å². The van der Waals surface area contributed by atoms with Crippen molar-refractivity contribution in [2.75, 3.05) is 11.6 Å². The number of nitrogens with one attached hydrogen (secondary N) is 1. The van der Waals surface area contributed by atoms with Crippen LogP contribution in [-0.2, 0) is 28.7 Å². The molecule has 0 saturated heterocycles. The summed E-state index contributed by atoms with van der Waals surface area (Å²) in [7, 11) is -3.08. The molecule has 2 aromatic rings. The van der Waals surface area contributed by atoms with Gasteiger partial charge in [-0.25, -0.2) is 8.42 Å². The molecular formula is C16H18ClNO3S. The molecule has 22 heavy (non-hydrogen) atoms. The van der Waals surface area contributed by atoms with Gasteiger partial charge in [-0.3, -0.25) is 0 Å². The van der Waals surface area contributed by atoms with Gasteiger partial charge < -0.3 is 10.4 Å². The Labute approximate surface area is 135 Å². The molecule has 0 aromatic heterocycles. The zero-order chi connectivity index (χ0) is 16.2. The van der Waals surface area contributed by atoms with Crippen LogP contribution in [0.4, 0.5) is 5.69 Å². The molecule has 2 N–H and O–H groups in total. The summed E-state index contributed by atoms with van der Waals surface area (Å²) >= 11 is 6.14. The van der Waals surface area contributed by atoms with Crippen LogP contribution in [0.1, 0.15) is 16.7 Å². The lowest BCUT2D eigenvalue weighted by Crippen LogP contribution is -2.03. The van der Waals surface area contributed by atoms with Crippen LogP contribution >= 0.6 is 11.6 Å². The monoisotopic (exact) mass is 339 g/mol. The largest absolute Gasteiger partial charge is 0.392 e. The second-order valence-electron chi connectivity index (χ2n) is 5.21. The molecule has 0 aliphatic carbocycles. The Hall–Kier alpha value is -1.56. The van der Waals surface area contributed by atoms with Gasteiger partial charge >= 0.3 is 0 Å². The Bertz CT molecular complexity index is 742. The zero-order valence-corrected chi connectivity index (χ0v) is 13.8. The molecule has 0 unspecified atom stereocenters. The van der Waals surface area contributed by atoms with Crippen molar-refractivity contribution in [2.24, 2.45) is 0 Å². The maximum absolute atomic E-state index is 11.4. The van der Waals surface area contributed by atoms with Crippen molar-refractivity contribution < 1.29 is 13.5 Å². The van der Waals surface area contributed by atoms with Gasteiger partial charge in [0.2, 0.25) is 0 Å². The van der Waals surface area contributed by atoms with Gasteiger partial charge in [0.15, 0.2) is 9.84 Å². The summed E-state index contributed by atoms with van der Waals surface area (Å²) < 4.78 is 22.7. The van der Waals surface area contributed by atoms with Gasteiger partial charge in [-0.05, 0) is 28.8 Å². The van der Waals surface area contributed by atoms with Crippen LogP contribution in [0.2, 0.25) is 5.02 Å². The predicted octanol–water partition coefficient (Wildman–Crippen LogP) is 2.99. The summed E-state index contributed by atoms with van der Waals surface area (Å²) in [6.45, 7) is 0.584. The highest BCUT2D eigenvalue weighted by atomic mass is 35.5. The Morgan fingerprint density at radius 3 is 2.23 bits per heavy atom. The topological polar surface area (TPSA) is 66.4 Å². The fourth-order valence-electron chi connectivity index (χ4n) is 2.06. The number of sulfone groups is 1. The average molecular weight is 340 g/mol. The molecule has 118 valence electrons. The van der Waals surface area contributed by atoms with E-state index in [1.165, 1.54) is 6.26 Å². The molecule has 2 aromatic carbocycles. The molecule has 0 saturated carbocycles. The summed E-state index contributed by atoms with van der Waals surface area (Å²) in [5.74, 6) is -0.00988. The molecule has 0 amide bonds. The molecule has 2 rings (SSSR count). The van der Waals surface area contributed by atoms with E-state index < -0.39 is 9.84 Å². The molecule has 0 bridgehead atoms. The van der Waals surface area contributed by atoms with Gasteiger partial charge in [-0.15, -0.1) is 0 Å². The van der Waals surface area contributed by atoms with Crippen LogP contribution in [0.5, 0.6) is 0 Å². The van der Waals surface area contributed by atoms with Gasteiger partial charge in [-0.1, -0.05) is 41.9 Å². The molecule has 0 heterocycles. The van der Waals surface area contributed by atoms with E-state index in [0.717, 1.165) is 11.1 Å². The van der Waals surface area contributed by atoms with Gasteiger partial charge in [0.25, 0.3) is 0 Å². The number of benzene rings is 2. The van der Waals surface area contributed by atoms with Crippen LogP contribution in [-0.4, -0.2) is 19.8 Å². The van der Waals surface area contributed by atoms with E-state index in [0.29, 0.717) is 22.8 Å². The summed E-state index contributed by atoms with van der Waals surface area (Å²) in [4.78, 5) is 0. The third-order valence-electron chi connectivity index (χ3n) is 3.15. The summed E-state index contributed by atoms with van der Waals surface area (Å²) in [6, 6.07) is 12.7. The molecule has 0 aliphatic rings. The Morgan fingerprint density at radius 1 is 1.05 bits per heavy atom. The van der Waals surface area contributed by atoms with Gasteiger partial charge in [-0.2, -0.15) is 0 Å². The minimum absolute atomic E-state index is 0.00988. The number of aliphatic hydroxyl groups excluding tert-OH is 1. The quantitative estimate of drug-likeness (QED) is 0.849. The smallest absolute Gasteiger partial charge is 0.151 e. The first-order chi connectivity index (χ1) is 10.4. The first-order valence-electron chi connectivity index (χ1n) is 6.76. The molecule has 0 spiro atoms. The highest BCUT2D eigenvalue weighted by Gasteiger charge is 2.07. The van der Waals surface area contributed by atoms with Gasteiger partial charge in [0.1, 0.15) is 0 Å². The van der Waals surface area contributed by atoms with E-state index in [1.54, 1.807) is 18.2 Å². The third kappa shape index (κ3) is 5.02. The Morgan fingerprint density at radius 2 is 1.64 bits per heavy atom. The normalized spacial score (nSPS) is 11.4. The van der Waals surface area contributed by atoms with Crippen LogP contribution in [0.3, 0.4) is 0 Å². The fraction of sp³-hybridized carbons (Fsp3) is 0.250. The first kappa shape index (κ1) is 16.8. The Kier molecular flexibility index (Phi) is 5.45. The van der Waals surface area contributed by atoms with E-state index in [2.05, 4.69) is 5.32 Å². The van der Waals surface area contributed by atoms with Crippen molar-refractivity contribution in [3.05, 3.63) is 64.2 Å². The van der Waals surface area contributed by atoms with Crippen LogP contribution in [0.25, 0.3) is 0 Å². The van der Waals surface area contributed by atoms with Gasteiger partial charge in [0, 0.05) is 12.8 Å². The third-order valence-corrected chi connectivity index (χ3v) is 4.34. The van der Waals surface area contributed by atoms with Crippen molar-refractivity contribution in [3.63, 3.8) is 0 Å². The second-order valence-corrected chi connectivity index (χ2v) is 7.76. The zero-order valence-electron chi connectivity index (χ0n) is 12.2. The number of hydrogen-bond donors (Lipinski definition) is 2. The fourth-order valence-corrected chi connectivity index (χ4v) is 3.03. The maximum atomic E-state index is 11.4. The van der Waals surface area contributed by atoms with Crippen LogP contribution in [0.15, 0.2) is 42.5 Å². The Balaban J connectivity index is 2.09. The molecular weight excluding hydrogens is 322 g/mol. The minimum atomic E-state index is -3.08. The molecule has 0 aliphatic heterocycles. The number of halogens is 1. The van der Waals surface area contributed by atoms with Crippen molar-refractivity contribution in [2.45, 2.75) is 18.9 Å². The predicted molar refractivity (Wildman–Crippen MR) is 89.7 cm³/mol. The highest BCUT2D eigenvalue weighted by molar-refractivity contribution is 7.89. The number of rotatable bonds is 6. The lowest BCUT2D eigenvalue weighted by molar-refractivity contribution is 0.282. The highest BCUT2D eigenvalue weighted by Crippen LogP contribution is 2.24. The van der Waals surface area contributed by atoms with Gasteiger partial charge in [0.05, 0.1) is 23.1 Å². The summed E-state index contributed by atoms with van der Waals surface area (Å²) in [6.07, 6.45) is 1.21. The molecule has 0 atom stereocenters. The van der Waals surface area contributed by atoms with E-state index >= 15 is 0 Å². The van der Waals surface area contributed by atoms with Crippen molar-refractivity contribution in [3.8, 4) is 0 Å². The summed E-state index contributed by atoms with van der Waals surface area (Å²) in [5.41, 5.74) is 3.30. The molecule has 4 nitrogen and oxygen atoms in total. The standard InChI is InChI=1S/C16H18ClNO3S/c1-22(20,21)11-14-6-7-15(17)16(8-14)18-9-12-2-4-13(10-19)5-3-12/h2-8,18-19H,9-11H2,1H3. The van der Waals surface area contributed by atoms with E-state index in [1.807, 2.05) is 24.3 Å². The SMILES string of the molecule is CS(=O)(=O)Cc1ccc(Cl)c(NCc2ccc(CO)cc2)c1.